The van der Waals surface area contributed by atoms with Crippen LogP contribution in [0.2, 0.25) is 0 Å². The second-order valence-electron chi connectivity index (χ2n) is 4.57. The minimum atomic E-state index is 0.712. The largest absolute Gasteiger partial charge is 0.314 e. The molecule has 0 spiro atoms. The third-order valence-corrected chi connectivity index (χ3v) is 2.99. The van der Waals surface area contributed by atoms with E-state index in [9.17, 15) is 0 Å². The van der Waals surface area contributed by atoms with Crippen molar-refractivity contribution in [3.63, 3.8) is 0 Å². The summed E-state index contributed by atoms with van der Waals surface area (Å²) in [4.78, 5) is 10.8. The Labute approximate surface area is 114 Å². The van der Waals surface area contributed by atoms with E-state index in [2.05, 4.69) is 53.4 Å². The van der Waals surface area contributed by atoms with Crippen LogP contribution in [-0.2, 0) is 6.54 Å². The molecule has 0 atom stereocenters. The molecule has 0 aliphatic heterocycles. The van der Waals surface area contributed by atoms with Crippen LogP contribution in [0.3, 0.4) is 0 Å². The molecule has 0 unspecified atom stereocenters. The van der Waals surface area contributed by atoms with Gasteiger partial charge in [-0.05, 0) is 25.6 Å². The van der Waals surface area contributed by atoms with Crippen LogP contribution in [0.25, 0.3) is 0 Å². The van der Waals surface area contributed by atoms with Crippen molar-refractivity contribution in [1.29, 1.82) is 0 Å². The summed E-state index contributed by atoms with van der Waals surface area (Å²) in [5.74, 6) is 0.712. The van der Waals surface area contributed by atoms with Gasteiger partial charge in [-0.25, -0.2) is 9.97 Å². The van der Waals surface area contributed by atoms with E-state index in [1.807, 2.05) is 24.3 Å². The number of anilines is 2. The van der Waals surface area contributed by atoms with E-state index >= 15 is 0 Å². The molecule has 4 heteroatoms. The van der Waals surface area contributed by atoms with Crippen molar-refractivity contribution >= 4 is 11.6 Å². The first kappa shape index (κ1) is 13.5. The zero-order valence-corrected chi connectivity index (χ0v) is 11.7. The van der Waals surface area contributed by atoms with E-state index in [4.69, 9.17) is 0 Å². The normalized spacial score (nSPS) is 10.5. The smallest absolute Gasteiger partial charge is 0.229 e. The van der Waals surface area contributed by atoms with E-state index in [1.165, 1.54) is 5.56 Å². The van der Waals surface area contributed by atoms with Gasteiger partial charge in [-0.15, -0.1) is 0 Å². The van der Waals surface area contributed by atoms with Gasteiger partial charge in [-0.2, -0.15) is 0 Å². The third kappa shape index (κ3) is 3.51. The molecule has 1 heterocycles. The summed E-state index contributed by atoms with van der Waals surface area (Å²) in [7, 11) is 1.98. The van der Waals surface area contributed by atoms with Gasteiger partial charge in [0.15, 0.2) is 0 Å². The fraction of sp³-hybridized carbons (Fsp3) is 0.333. The number of rotatable bonds is 5. The Balaban J connectivity index is 2.10. The molecule has 2 rings (SSSR count). The van der Waals surface area contributed by atoms with Gasteiger partial charge < -0.3 is 10.2 Å². The molecule has 0 radical (unpaired) electrons. The maximum Gasteiger partial charge on any atom is 0.229 e. The van der Waals surface area contributed by atoms with Gasteiger partial charge in [0.25, 0.3) is 0 Å². The summed E-state index contributed by atoms with van der Waals surface area (Å²) in [6.45, 7) is 5.92. The van der Waals surface area contributed by atoms with Crippen molar-refractivity contribution < 1.29 is 0 Å². The zero-order chi connectivity index (χ0) is 13.7. The van der Waals surface area contributed by atoms with E-state index in [1.54, 1.807) is 0 Å². The Hall–Kier alpha value is -1.94. The summed E-state index contributed by atoms with van der Waals surface area (Å²) in [6.07, 6.45) is 3.74. The Morgan fingerprint density at radius 1 is 1.11 bits per heavy atom. The van der Waals surface area contributed by atoms with Crippen LogP contribution in [0.4, 0.5) is 11.6 Å². The van der Waals surface area contributed by atoms with Crippen molar-refractivity contribution in [2.75, 3.05) is 18.5 Å². The van der Waals surface area contributed by atoms with Gasteiger partial charge in [-0.3, -0.25) is 0 Å². The molecule has 1 aromatic carbocycles. The van der Waals surface area contributed by atoms with Crippen LogP contribution in [-0.4, -0.2) is 23.6 Å². The molecular formula is C15H20N4. The fourth-order valence-electron chi connectivity index (χ4n) is 1.77. The number of nitrogens with zero attached hydrogens (tertiary/aromatic N) is 3. The van der Waals surface area contributed by atoms with Crippen molar-refractivity contribution in [3.8, 4) is 0 Å². The lowest BCUT2D eigenvalue weighted by Crippen LogP contribution is -2.15. The second kappa shape index (κ2) is 6.29. The highest BCUT2D eigenvalue weighted by atomic mass is 15.2. The first-order chi connectivity index (χ1) is 9.20. The molecule has 1 N–H and O–H groups in total. The zero-order valence-electron chi connectivity index (χ0n) is 11.7. The molecule has 19 heavy (non-hydrogen) atoms. The van der Waals surface area contributed by atoms with Crippen molar-refractivity contribution in [2.24, 2.45) is 0 Å². The average Bonchev–Trinajstić information content (AvgIpc) is 2.46. The van der Waals surface area contributed by atoms with Gasteiger partial charge in [0, 0.05) is 37.2 Å². The summed E-state index contributed by atoms with van der Waals surface area (Å²) in [6, 6.07) is 8.33. The van der Waals surface area contributed by atoms with E-state index in [-0.39, 0.29) is 0 Å². The maximum absolute atomic E-state index is 4.41. The molecule has 100 valence electrons. The third-order valence-electron chi connectivity index (χ3n) is 2.99. The van der Waals surface area contributed by atoms with Crippen LogP contribution in [0.5, 0.6) is 0 Å². The first-order valence-corrected chi connectivity index (χ1v) is 6.52. The summed E-state index contributed by atoms with van der Waals surface area (Å²) in [5.41, 5.74) is 3.44. The predicted octanol–water partition coefficient (Wildman–Crippen LogP) is 2.66. The molecule has 0 fully saturated rings. The predicted molar refractivity (Wildman–Crippen MR) is 78.7 cm³/mol. The SMILES string of the molecule is CCNCc1cnc(N(C)c2ccc(C)cc2)nc1. The number of hydrogen-bond acceptors (Lipinski definition) is 4. The van der Waals surface area contributed by atoms with E-state index < -0.39 is 0 Å². The molecule has 0 aliphatic carbocycles. The minimum absolute atomic E-state index is 0.712. The first-order valence-electron chi connectivity index (χ1n) is 6.52. The van der Waals surface area contributed by atoms with Gasteiger partial charge in [0.2, 0.25) is 5.95 Å². The Morgan fingerprint density at radius 2 is 1.74 bits per heavy atom. The lowest BCUT2D eigenvalue weighted by molar-refractivity contribution is 0.721. The van der Waals surface area contributed by atoms with Crippen LogP contribution in [0, 0.1) is 6.92 Å². The highest BCUT2D eigenvalue weighted by Gasteiger charge is 2.06. The number of hydrogen-bond donors (Lipinski definition) is 1. The molecular weight excluding hydrogens is 236 g/mol. The highest BCUT2D eigenvalue weighted by Crippen LogP contribution is 2.19. The standard InChI is InChI=1S/C15H20N4/c1-4-16-9-13-10-17-15(18-11-13)19(3)14-7-5-12(2)6-8-14/h5-8,10-11,16H,4,9H2,1-3H3. The van der Waals surface area contributed by atoms with Gasteiger partial charge in [-0.1, -0.05) is 24.6 Å². The molecule has 1 aromatic heterocycles. The summed E-state index contributed by atoms with van der Waals surface area (Å²) >= 11 is 0. The Morgan fingerprint density at radius 3 is 2.32 bits per heavy atom. The highest BCUT2D eigenvalue weighted by molar-refractivity contribution is 5.56. The lowest BCUT2D eigenvalue weighted by Gasteiger charge is -2.17. The van der Waals surface area contributed by atoms with E-state index in [0.717, 1.165) is 24.3 Å². The topological polar surface area (TPSA) is 41.1 Å². The molecule has 0 saturated heterocycles. The molecule has 4 nitrogen and oxygen atoms in total. The molecule has 0 bridgehead atoms. The van der Waals surface area contributed by atoms with Crippen molar-refractivity contribution in [1.82, 2.24) is 15.3 Å². The Kier molecular flexibility index (Phi) is 4.47. The maximum atomic E-state index is 4.41. The van der Waals surface area contributed by atoms with Crippen LogP contribution >= 0.6 is 0 Å². The van der Waals surface area contributed by atoms with Crippen molar-refractivity contribution in [2.45, 2.75) is 20.4 Å². The van der Waals surface area contributed by atoms with Gasteiger partial charge >= 0.3 is 0 Å². The number of aromatic nitrogens is 2. The van der Waals surface area contributed by atoms with Crippen LogP contribution in [0.1, 0.15) is 18.1 Å². The molecule has 0 amide bonds. The fourth-order valence-corrected chi connectivity index (χ4v) is 1.77. The monoisotopic (exact) mass is 256 g/mol. The molecule has 0 saturated carbocycles. The van der Waals surface area contributed by atoms with Gasteiger partial charge in [0.1, 0.15) is 0 Å². The second-order valence-corrected chi connectivity index (χ2v) is 4.57. The van der Waals surface area contributed by atoms with Crippen molar-refractivity contribution in [3.05, 3.63) is 47.8 Å². The summed E-state index contributed by atoms with van der Waals surface area (Å²) < 4.78 is 0. The van der Waals surface area contributed by atoms with Gasteiger partial charge in [0.05, 0.1) is 0 Å². The number of aryl methyl sites for hydroxylation is 1. The number of nitrogens with one attached hydrogen (secondary N) is 1. The van der Waals surface area contributed by atoms with Crippen LogP contribution < -0.4 is 10.2 Å². The quantitative estimate of drug-likeness (QED) is 0.893. The Bertz CT molecular complexity index is 505. The van der Waals surface area contributed by atoms with E-state index in [0.29, 0.717) is 5.95 Å². The lowest BCUT2D eigenvalue weighted by atomic mass is 10.2. The van der Waals surface area contributed by atoms with Crippen LogP contribution in [0.15, 0.2) is 36.7 Å². The molecule has 0 aliphatic rings. The number of benzene rings is 1. The summed E-state index contributed by atoms with van der Waals surface area (Å²) in [5, 5.41) is 3.26. The average molecular weight is 256 g/mol. The minimum Gasteiger partial charge on any atom is -0.314 e. The molecule has 2 aromatic rings.